The molecular formula is C15H19NO4S. The van der Waals surface area contributed by atoms with E-state index in [2.05, 4.69) is 0 Å². The van der Waals surface area contributed by atoms with Gasteiger partial charge in [-0.05, 0) is 30.9 Å². The fourth-order valence-electron chi connectivity index (χ4n) is 3.29. The van der Waals surface area contributed by atoms with Crippen molar-refractivity contribution in [1.29, 1.82) is 0 Å². The zero-order chi connectivity index (χ0) is 15.0. The highest BCUT2D eigenvalue weighted by atomic mass is 32.2. The van der Waals surface area contributed by atoms with Gasteiger partial charge in [-0.2, -0.15) is 0 Å². The summed E-state index contributed by atoms with van der Waals surface area (Å²) >= 11 is 0. The highest BCUT2D eigenvalue weighted by Crippen LogP contribution is 2.40. The van der Waals surface area contributed by atoms with E-state index in [9.17, 15) is 18.3 Å². The number of rotatable bonds is 1. The summed E-state index contributed by atoms with van der Waals surface area (Å²) in [5.74, 6) is -0.0114. The average molecular weight is 309 g/mol. The zero-order valence-electron chi connectivity index (χ0n) is 11.8. The van der Waals surface area contributed by atoms with Crippen LogP contribution in [0.3, 0.4) is 0 Å². The van der Waals surface area contributed by atoms with Gasteiger partial charge in [0.05, 0.1) is 17.4 Å². The monoisotopic (exact) mass is 309 g/mol. The molecule has 1 aromatic carbocycles. The zero-order valence-corrected chi connectivity index (χ0v) is 12.6. The first-order valence-corrected chi connectivity index (χ1v) is 9.10. The number of fused-ring (bicyclic) bond motifs is 1. The Morgan fingerprint density at radius 1 is 1.24 bits per heavy atom. The van der Waals surface area contributed by atoms with E-state index in [1.165, 1.54) is 0 Å². The minimum absolute atomic E-state index is 0.0408. The highest BCUT2D eigenvalue weighted by Gasteiger charge is 2.34. The molecule has 0 radical (unpaired) electrons. The lowest BCUT2D eigenvalue weighted by atomic mass is 9.98. The van der Waals surface area contributed by atoms with Crippen molar-refractivity contribution in [3.05, 3.63) is 29.3 Å². The standard InChI is InChI=1S/C15H19NO4S/c17-13-4-1-3-11-5-6-12(14(11)13)15(18)16-7-2-9-21(19,20)10-8-16/h1,3-4,12,17H,2,5-10H2. The van der Waals surface area contributed by atoms with Gasteiger partial charge in [0.1, 0.15) is 5.75 Å². The van der Waals surface area contributed by atoms with Crippen molar-refractivity contribution in [2.45, 2.75) is 25.2 Å². The van der Waals surface area contributed by atoms with E-state index >= 15 is 0 Å². The molecule has 0 bridgehead atoms. The third kappa shape index (κ3) is 2.77. The van der Waals surface area contributed by atoms with E-state index in [-0.39, 0.29) is 35.6 Å². The van der Waals surface area contributed by atoms with Crippen LogP contribution in [0.4, 0.5) is 0 Å². The Balaban J connectivity index is 1.82. The van der Waals surface area contributed by atoms with Gasteiger partial charge >= 0.3 is 0 Å². The van der Waals surface area contributed by atoms with Gasteiger partial charge in [0.15, 0.2) is 9.84 Å². The summed E-state index contributed by atoms with van der Waals surface area (Å²) in [4.78, 5) is 14.3. The van der Waals surface area contributed by atoms with Crippen molar-refractivity contribution in [2.24, 2.45) is 0 Å². The Morgan fingerprint density at radius 3 is 2.86 bits per heavy atom. The van der Waals surface area contributed by atoms with Gasteiger partial charge in [-0.3, -0.25) is 4.79 Å². The van der Waals surface area contributed by atoms with E-state index in [1.807, 2.05) is 6.07 Å². The molecule has 0 saturated carbocycles. The Labute approximate surface area is 124 Å². The molecule has 0 aromatic heterocycles. The first-order valence-electron chi connectivity index (χ1n) is 7.28. The lowest BCUT2D eigenvalue weighted by molar-refractivity contribution is -0.132. The molecule has 1 amide bonds. The van der Waals surface area contributed by atoms with E-state index in [1.54, 1.807) is 17.0 Å². The summed E-state index contributed by atoms with van der Waals surface area (Å²) in [7, 11) is -3.02. The largest absolute Gasteiger partial charge is 0.508 e. The summed E-state index contributed by atoms with van der Waals surface area (Å²) in [5, 5.41) is 10.0. The molecule has 1 unspecified atom stereocenters. The summed E-state index contributed by atoms with van der Waals surface area (Å²) < 4.78 is 23.3. The number of sulfone groups is 1. The number of carbonyl (C=O) groups is 1. The first-order chi connectivity index (χ1) is 9.98. The number of benzene rings is 1. The van der Waals surface area contributed by atoms with Crippen LogP contribution in [0.15, 0.2) is 18.2 Å². The maximum absolute atomic E-state index is 12.7. The van der Waals surface area contributed by atoms with Crippen LogP contribution in [0.1, 0.15) is 29.9 Å². The number of phenols is 1. The smallest absolute Gasteiger partial charge is 0.230 e. The molecule has 2 aliphatic rings. The van der Waals surface area contributed by atoms with Gasteiger partial charge in [0.2, 0.25) is 5.91 Å². The van der Waals surface area contributed by atoms with E-state index in [0.29, 0.717) is 19.4 Å². The molecule has 1 N–H and O–H groups in total. The number of hydrogen-bond donors (Lipinski definition) is 1. The lowest BCUT2D eigenvalue weighted by Gasteiger charge is -2.24. The second-order valence-electron chi connectivity index (χ2n) is 5.77. The van der Waals surface area contributed by atoms with Crippen molar-refractivity contribution in [3.63, 3.8) is 0 Å². The van der Waals surface area contributed by atoms with Crippen LogP contribution in [0.25, 0.3) is 0 Å². The van der Waals surface area contributed by atoms with Crippen LogP contribution in [0, 0.1) is 0 Å². The number of carbonyl (C=O) groups excluding carboxylic acids is 1. The molecule has 3 rings (SSSR count). The number of amides is 1. The van der Waals surface area contributed by atoms with Crippen molar-refractivity contribution in [3.8, 4) is 5.75 Å². The molecular weight excluding hydrogens is 290 g/mol. The third-order valence-corrected chi connectivity index (χ3v) is 6.10. The van der Waals surface area contributed by atoms with Crippen LogP contribution in [-0.4, -0.2) is 48.9 Å². The van der Waals surface area contributed by atoms with Crippen LogP contribution in [0.5, 0.6) is 5.75 Å². The number of aryl methyl sites for hydroxylation is 1. The second-order valence-corrected chi connectivity index (χ2v) is 8.08. The van der Waals surface area contributed by atoms with Crippen LogP contribution < -0.4 is 0 Å². The fourth-order valence-corrected chi connectivity index (χ4v) is 4.56. The Bertz CT molecular complexity index is 668. The molecule has 1 aromatic rings. The molecule has 1 atom stereocenters. The van der Waals surface area contributed by atoms with Gasteiger partial charge in [-0.1, -0.05) is 12.1 Å². The molecule has 6 heteroatoms. The number of aromatic hydroxyl groups is 1. The number of nitrogens with zero attached hydrogens (tertiary/aromatic N) is 1. The summed E-state index contributed by atoms with van der Waals surface area (Å²) in [5.41, 5.74) is 1.75. The summed E-state index contributed by atoms with van der Waals surface area (Å²) in [6, 6.07) is 5.34. The highest BCUT2D eigenvalue weighted by molar-refractivity contribution is 7.91. The molecule has 1 heterocycles. The predicted octanol–water partition coefficient (Wildman–Crippen LogP) is 1.07. The van der Waals surface area contributed by atoms with Crippen LogP contribution in [-0.2, 0) is 21.1 Å². The van der Waals surface area contributed by atoms with Gasteiger partial charge in [0, 0.05) is 18.7 Å². The molecule has 1 aliphatic carbocycles. The maximum Gasteiger partial charge on any atom is 0.230 e. The molecule has 114 valence electrons. The maximum atomic E-state index is 12.7. The summed E-state index contributed by atoms with van der Waals surface area (Å²) in [6.45, 7) is 0.748. The van der Waals surface area contributed by atoms with Crippen molar-refractivity contribution in [1.82, 2.24) is 4.90 Å². The van der Waals surface area contributed by atoms with E-state index < -0.39 is 9.84 Å². The van der Waals surface area contributed by atoms with Gasteiger partial charge in [-0.15, -0.1) is 0 Å². The van der Waals surface area contributed by atoms with Crippen molar-refractivity contribution in [2.75, 3.05) is 24.6 Å². The predicted molar refractivity (Wildman–Crippen MR) is 79.0 cm³/mol. The molecule has 0 spiro atoms. The van der Waals surface area contributed by atoms with E-state index in [4.69, 9.17) is 0 Å². The number of hydrogen-bond acceptors (Lipinski definition) is 4. The summed E-state index contributed by atoms with van der Waals surface area (Å²) in [6.07, 6.45) is 1.97. The Morgan fingerprint density at radius 2 is 2.05 bits per heavy atom. The van der Waals surface area contributed by atoms with Crippen molar-refractivity contribution < 1.29 is 18.3 Å². The molecule has 1 aliphatic heterocycles. The molecule has 1 saturated heterocycles. The molecule has 21 heavy (non-hydrogen) atoms. The van der Waals surface area contributed by atoms with Gasteiger partial charge in [0.25, 0.3) is 0 Å². The fraction of sp³-hybridized carbons (Fsp3) is 0.533. The van der Waals surface area contributed by atoms with Crippen LogP contribution in [0.2, 0.25) is 0 Å². The lowest BCUT2D eigenvalue weighted by Crippen LogP contribution is -2.36. The first kappa shape index (κ1) is 14.4. The SMILES string of the molecule is O=C(C1CCc2cccc(O)c21)N1CCCS(=O)(=O)CC1. The van der Waals surface area contributed by atoms with E-state index in [0.717, 1.165) is 17.5 Å². The molecule has 5 nitrogen and oxygen atoms in total. The van der Waals surface area contributed by atoms with Gasteiger partial charge in [-0.25, -0.2) is 8.42 Å². The van der Waals surface area contributed by atoms with Gasteiger partial charge < -0.3 is 10.0 Å². The minimum Gasteiger partial charge on any atom is -0.508 e. The average Bonchev–Trinajstić information content (AvgIpc) is 2.78. The third-order valence-electron chi connectivity index (χ3n) is 4.39. The second kappa shape index (κ2) is 5.33. The minimum atomic E-state index is -3.02. The normalized spacial score (nSPS) is 24.4. The number of phenolic OH excluding ortho intramolecular Hbond substituents is 1. The topological polar surface area (TPSA) is 74.7 Å². The quantitative estimate of drug-likeness (QED) is 0.842. The Hall–Kier alpha value is -1.56. The Kier molecular flexibility index (Phi) is 3.65. The molecule has 1 fully saturated rings. The van der Waals surface area contributed by atoms with Crippen LogP contribution >= 0.6 is 0 Å². The van der Waals surface area contributed by atoms with Crippen molar-refractivity contribution >= 4 is 15.7 Å².